The maximum Gasteiger partial charge on any atom is 0.345 e. The van der Waals surface area contributed by atoms with Crippen LogP contribution in [0.4, 0.5) is 5.69 Å². The van der Waals surface area contributed by atoms with Crippen LogP contribution in [0.5, 0.6) is 0 Å². The summed E-state index contributed by atoms with van der Waals surface area (Å²) in [4.78, 5) is 26.0. The van der Waals surface area contributed by atoms with Crippen molar-refractivity contribution in [2.75, 3.05) is 0 Å². The summed E-state index contributed by atoms with van der Waals surface area (Å²) in [7, 11) is 0. The maximum atomic E-state index is 12.1. The summed E-state index contributed by atoms with van der Waals surface area (Å²) in [5, 5.41) is 10.9. The van der Waals surface area contributed by atoms with Gasteiger partial charge in [-0.05, 0) is 31.2 Å². The molecule has 2 rings (SSSR count). The van der Waals surface area contributed by atoms with Crippen molar-refractivity contribution in [3.05, 3.63) is 33.1 Å². The Hall–Kier alpha value is -1.69. The van der Waals surface area contributed by atoms with Crippen LogP contribution in [0.15, 0.2) is 12.3 Å². The topological polar surface area (TPSA) is 82.3 Å². The average molecular weight is 299 g/mol. The van der Waals surface area contributed by atoms with Crippen LogP contribution in [0.3, 0.4) is 0 Å². The van der Waals surface area contributed by atoms with Gasteiger partial charge in [0, 0.05) is 0 Å². The summed E-state index contributed by atoms with van der Waals surface area (Å²) in [5.74, 6) is -0.441. The van der Waals surface area contributed by atoms with E-state index in [0.717, 1.165) is 31.9 Å². The number of nitrogens with zero attached hydrogens (tertiary/aromatic N) is 2. The summed E-state index contributed by atoms with van der Waals surface area (Å²) in [5.41, 5.74) is -0.532. The molecule has 1 aromatic heterocycles. The number of hydrogen-bond donors (Lipinski definition) is 0. The Bertz CT molecular complexity index is 535. The first-order valence-corrected chi connectivity index (χ1v) is 6.87. The highest BCUT2D eigenvalue weighted by atomic mass is 35.5. The number of carbonyl (C=O) groups excluding carboxylic acids is 1. The number of halogens is 1. The van der Waals surface area contributed by atoms with Gasteiger partial charge in [-0.15, -0.1) is 0 Å². The minimum Gasteiger partial charge on any atom is -0.458 e. The zero-order valence-electron chi connectivity index (χ0n) is 11.0. The van der Waals surface area contributed by atoms with Crippen molar-refractivity contribution in [3.8, 4) is 0 Å². The zero-order chi connectivity index (χ0) is 14.7. The molecule has 0 amide bonds. The molecule has 108 valence electrons. The van der Waals surface area contributed by atoms with Gasteiger partial charge in [-0.1, -0.05) is 24.9 Å². The van der Waals surface area contributed by atoms with E-state index in [9.17, 15) is 14.9 Å². The second-order valence-corrected chi connectivity index (χ2v) is 5.37. The van der Waals surface area contributed by atoms with Crippen LogP contribution in [0.25, 0.3) is 0 Å². The number of carbonyl (C=O) groups is 1. The zero-order valence-corrected chi connectivity index (χ0v) is 11.8. The highest BCUT2D eigenvalue weighted by Crippen LogP contribution is 2.28. The molecular formula is C13H15ClN2O4. The first-order valence-electron chi connectivity index (χ1n) is 6.50. The molecule has 1 aliphatic rings. The Morgan fingerprint density at radius 2 is 2.20 bits per heavy atom. The van der Waals surface area contributed by atoms with Crippen molar-refractivity contribution in [1.82, 2.24) is 4.98 Å². The normalized spacial score (nSPS) is 22.3. The molecule has 0 saturated heterocycles. The van der Waals surface area contributed by atoms with E-state index in [2.05, 4.69) is 4.98 Å². The predicted octanol–water partition coefficient (Wildman–Crippen LogP) is 3.38. The van der Waals surface area contributed by atoms with E-state index < -0.39 is 10.9 Å². The molecule has 1 fully saturated rings. The lowest BCUT2D eigenvalue weighted by atomic mass is 9.88. The van der Waals surface area contributed by atoms with Crippen LogP contribution in [-0.2, 0) is 4.74 Å². The number of ether oxygens (including phenoxy) is 1. The van der Waals surface area contributed by atoms with E-state index in [4.69, 9.17) is 16.3 Å². The lowest BCUT2D eigenvalue weighted by molar-refractivity contribution is -0.385. The molecule has 1 heterocycles. The van der Waals surface area contributed by atoms with Crippen molar-refractivity contribution in [2.24, 2.45) is 5.92 Å². The molecule has 20 heavy (non-hydrogen) atoms. The van der Waals surface area contributed by atoms with Crippen LogP contribution in [-0.4, -0.2) is 22.0 Å². The van der Waals surface area contributed by atoms with Gasteiger partial charge in [-0.2, -0.15) is 0 Å². The van der Waals surface area contributed by atoms with Crippen LogP contribution in [0.1, 0.15) is 43.0 Å². The predicted molar refractivity (Wildman–Crippen MR) is 72.7 cm³/mol. The van der Waals surface area contributed by atoms with Crippen molar-refractivity contribution < 1.29 is 14.5 Å². The van der Waals surface area contributed by atoms with Gasteiger partial charge in [-0.3, -0.25) is 10.1 Å². The minimum absolute atomic E-state index is 0.0271. The molecule has 6 nitrogen and oxygen atoms in total. The fourth-order valence-electron chi connectivity index (χ4n) is 2.39. The lowest BCUT2D eigenvalue weighted by Crippen LogP contribution is -2.28. The molecule has 0 aromatic carbocycles. The van der Waals surface area contributed by atoms with Gasteiger partial charge in [0.05, 0.1) is 4.92 Å². The van der Waals surface area contributed by atoms with Crippen LogP contribution >= 0.6 is 11.6 Å². The quantitative estimate of drug-likeness (QED) is 0.370. The van der Waals surface area contributed by atoms with Gasteiger partial charge in [0.1, 0.15) is 23.0 Å². The molecule has 2 unspecified atom stereocenters. The van der Waals surface area contributed by atoms with Gasteiger partial charge in [0.2, 0.25) is 0 Å². The Balaban J connectivity index is 2.20. The van der Waals surface area contributed by atoms with E-state index in [1.165, 1.54) is 6.07 Å². The smallest absolute Gasteiger partial charge is 0.345 e. The lowest BCUT2D eigenvalue weighted by Gasteiger charge is -2.28. The summed E-state index contributed by atoms with van der Waals surface area (Å²) < 4.78 is 5.41. The third-order valence-electron chi connectivity index (χ3n) is 3.56. The summed E-state index contributed by atoms with van der Waals surface area (Å²) >= 11 is 5.70. The van der Waals surface area contributed by atoms with E-state index in [1.54, 1.807) is 0 Å². The molecule has 1 saturated carbocycles. The number of esters is 1. The molecule has 0 bridgehead atoms. The first kappa shape index (κ1) is 14.7. The maximum absolute atomic E-state index is 12.1. The Morgan fingerprint density at radius 1 is 1.50 bits per heavy atom. The second kappa shape index (κ2) is 6.17. The molecule has 2 atom stereocenters. The summed E-state index contributed by atoms with van der Waals surface area (Å²) in [6.45, 7) is 2.02. The van der Waals surface area contributed by atoms with Gasteiger partial charge in [0.25, 0.3) is 0 Å². The van der Waals surface area contributed by atoms with Crippen molar-refractivity contribution in [2.45, 2.75) is 38.7 Å². The first-order chi connectivity index (χ1) is 9.49. The molecule has 0 spiro atoms. The van der Waals surface area contributed by atoms with Gasteiger partial charge in [-0.25, -0.2) is 9.78 Å². The monoisotopic (exact) mass is 298 g/mol. The van der Waals surface area contributed by atoms with Gasteiger partial charge in [0.15, 0.2) is 0 Å². The highest BCUT2D eigenvalue weighted by molar-refractivity contribution is 6.29. The molecule has 1 aliphatic carbocycles. The summed E-state index contributed by atoms with van der Waals surface area (Å²) in [6.07, 6.45) is 4.69. The fraction of sp³-hybridized carbons (Fsp3) is 0.538. The van der Waals surface area contributed by atoms with Crippen LogP contribution in [0, 0.1) is 16.0 Å². The van der Waals surface area contributed by atoms with E-state index >= 15 is 0 Å². The number of pyridine rings is 1. The van der Waals surface area contributed by atoms with Crippen LogP contribution < -0.4 is 0 Å². The molecule has 1 aromatic rings. The molecule has 0 radical (unpaired) electrons. The average Bonchev–Trinajstić information content (AvgIpc) is 2.40. The number of aromatic nitrogens is 1. The Morgan fingerprint density at radius 3 is 2.85 bits per heavy atom. The molecule has 0 aliphatic heterocycles. The fourth-order valence-corrected chi connectivity index (χ4v) is 2.55. The highest BCUT2D eigenvalue weighted by Gasteiger charge is 2.29. The van der Waals surface area contributed by atoms with E-state index in [-0.39, 0.29) is 28.4 Å². The minimum atomic E-state index is -0.709. The third kappa shape index (κ3) is 3.25. The standard InChI is InChI=1S/C13H15ClN2O4/c1-8-4-2-3-5-11(8)20-13(17)9-6-12(14)15-7-10(9)16(18)19/h6-8,11H,2-5H2,1H3. The Labute approximate surface area is 121 Å². The van der Waals surface area contributed by atoms with Gasteiger partial charge >= 0.3 is 11.7 Å². The largest absolute Gasteiger partial charge is 0.458 e. The Kier molecular flexibility index (Phi) is 4.54. The number of rotatable bonds is 3. The van der Waals surface area contributed by atoms with Crippen molar-refractivity contribution in [1.29, 1.82) is 0 Å². The van der Waals surface area contributed by atoms with Crippen molar-refractivity contribution >= 4 is 23.3 Å². The van der Waals surface area contributed by atoms with E-state index in [1.807, 2.05) is 6.92 Å². The number of nitro groups is 1. The van der Waals surface area contributed by atoms with Crippen molar-refractivity contribution in [3.63, 3.8) is 0 Å². The SMILES string of the molecule is CC1CCCCC1OC(=O)c1cc(Cl)ncc1[N+](=O)[O-]. The van der Waals surface area contributed by atoms with E-state index in [0.29, 0.717) is 0 Å². The number of hydrogen-bond acceptors (Lipinski definition) is 5. The van der Waals surface area contributed by atoms with Gasteiger partial charge < -0.3 is 4.74 Å². The molecule has 7 heteroatoms. The molecular weight excluding hydrogens is 284 g/mol. The van der Waals surface area contributed by atoms with Crippen LogP contribution in [0.2, 0.25) is 5.15 Å². The molecule has 0 N–H and O–H groups in total. The summed E-state index contributed by atoms with van der Waals surface area (Å²) in [6, 6.07) is 1.18. The third-order valence-corrected chi connectivity index (χ3v) is 3.76. The second-order valence-electron chi connectivity index (χ2n) is 4.99.